The third-order valence-electron chi connectivity index (χ3n) is 3.58. The Balaban J connectivity index is 2.50. The Hall–Kier alpha value is -1.12. The highest BCUT2D eigenvalue weighted by Gasteiger charge is 2.43. The second-order valence-corrected chi connectivity index (χ2v) is 7.17. The Bertz CT molecular complexity index is 615. The van der Waals surface area contributed by atoms with Crippen molar-refractivity contribution in [1.29, 1.82) is 0 Å². The first-order chi connectivity index (χ1) is 9.66. The monoisotopic (exact) mass is 323 g/mol. The summed E-state index contributed by atoms with van der Waals surface area (Å²) < 4.78 is 64.2. The number of aliphatic hydroxyl groups is 1. The van der Waals surface area contributed by atoms with E-state index < -0.39 is 33.9 Å². The fourth-order valence-corrected chi connectivity index (χ4v) is 3.90. The van der Waals surface area contributed by atoms with Gasteiger partial charge in [-0.3, -0.25) is 0 Å². The van der Waals surface area contributed by atoms with Crippen LogP contribution in [0, 0.1) is 0 Å². The standard InChI is InChI=1S/C13H16F3NO3S/c1-2-21(19,20)17-8-9(18)7-12(17)10-5-3-4-6-11(10)13(14,15)16/h3-6,9,12,18H,2,7-8H2,1H3/t9-,12-/m1/s1. The van der Waals surface area contributed by atoms with Crippen LogP contribution in [-0.4, -0.2) is 36.2 Å². The molecule has 1 aromatic carbocycles. The van der Waals surface area contributed by atoms with E-state index in [-0.39, 0.29) is 24.3 Å². The lowest BCUT2D eigenvalue weighted by atomic mass is 9.98. The van der Waals surface area contributed by atoms with Crippen LogP contribution >= 0.6 is 0 Å². The van der Waals surface area contributed by atoms with Crippen molar-refractivity contribution in [1.82, 2.24) is 4.31 Å². The highest BCUT2D eigenvalue weighted by molar-refractivity contribution is 7.89. The van der Waals surface area contributed by atoms with Gasteiger partial charge in [-0.15, -0.1) is 0 Å². The number of aliphatic hydroxyl groups excluding tert-OH is 1. The van der Waals surface area contributed by atoms with E-state index in [0.29, 0.717) is 0 Å². The molecule has 1 aliphatic rings. The molecule has 0 aromatic heterocycles. The van der Waals surface area contributed by atoms with Crippen LogP contribution in [-0.2, 0) is 16.2 Å². The van der Waals surface area contributed by atoms with Gasteiger partial charge in [-0.25, -0.2) is 8.42 Å². The summed E-state index contributed by atoms with van der Waals surface area (Å²) in [6, 6.07) is 3.91. The summed E-state index contributed by atoms with van der Waals surface area (Å²) >= 11 is 0. The van der Waals surface area contributed by atoms with E-state index in [1.165, 1.54) is 25.1 Å². The molecule has 0 saturated carbocycles. The van der Waals surface area contributed by atoms with Gasteiger partial charge in [0.2, 0.25) is 10.0 Å². The van der Waals surface area contributed by atoms with Crippen molar-refractivity contribution < 1.29 is 26.7 Å². The van der Waals surface area contributed by atoms with Gasteiger partial charge in [-0.05, 0) is 25.0 Å². The summed E-state index contributed by atoms with van der Waals surface area (Å²) in [7, 11) is -3.68. The molecule has 1 heterocycles. The molecule has 0 spiro atoms. The molecule has 8 heteroatoms. The Morgan fingerprint density at radius 1 is 1.33 bits per heavy atom. The molecule has 2 atom stereocenters. The van der Waals surface area contributed by atoms with E-state index in [2.05, 4.69) is 0 Å². The van der Waals surface area contributed by atoms with Crippen molar-refractivity contribution in [2.24, 2.45) is 0 Å². The lowest BCUT2D eigenvalue weighted by Crippen LogP contribution is -2.33. The molecular weight excluding hydrogens is 307 g/mol. The lowest BCUT2D eigenvalue weighted by molar-refractivity contribution is -0.138. The fourth-order valence-electron chi connectivity index (χ4n) is 2.59. The number of benzene rings is 1. The van der Waals surface area contributed by atoms with Gasteiger partial charge >= 0.3 is 6.18 Å². The van der Waals surface area contributed by atoms with E-state index in [9.17, 15) is 26.7 Å². The summed E-state index contributed by atoms with van der Waals surface area (Å²) in [6.45, 7) is 1.25. The van der Waals surface area contributed by atoms with Gasteiger partial charge in [-0.1, -0.05) is 18.2 Å². The van der Waals surface area contributed by atoms with E-state index >= 15 is 0 Å². The highest BCUT2D eigenvalue weighted by atomic mass is 32.2. The van der Waals surface area contributed by atoms with Gasteiger partial charge in [0.15, 0.2) is 0 Å². The second kappa shape index (κ2) is 5.58. The molecule has 118 valence electrons. The topological polar surface area (TPSA) is 57.6 Å². The summed E-state index contributed by atoms with van der Waals surface area (Å²) in [5.74, 6) is -0.218. The maximum atomic E-state index is 13.1. The predicted octanol–water partition coefficient (Wildman–Crippen LogP) is 2.16. The van der Waals surface area contributed by atoms with Gasteiger partial charge < -0.3 is 5.11 Å². The first-order valence-electron chi connectivity index (χ1n) is 6.50. The molecule has 1 aliphatic heterocycles. The zero-order chi connectivity index (χ0) is 15.8. The largest absolute Gasteiger partial charge is 0.416 e. The maximum Gasteiger partial charge on any atom is 0.416 e. The van der Waals surface area contributed by atoms with Crippen LogP contribution in [0.4, 0.5) is 13.2 Å². The van der Waals surface area contributed by atoms with Gasteiger partial charge in [0.05, 0.1) is 23.5 Å². The molecule has 1 aromatic rings. The number of nitrogens with zero attached hydrogens (tertiary/aromatic N) is 1. The summed E-state index contributed by atoms with van der Waals surface area (Å²) in [4.78, 5) is 0. The van der Waals surface area contributed by atoms with E-state index in [4.69, 9.17) is 0 Å². The minimum absolute atomic E-state index is 0.0354. The number of hydrogen-bond acceptors (Lipinski definition) is 3. The molecule has 0 bridgehead atoms. The first-order valence-corrected chi connectivity index (χ1v) is 8.11. The molecule has 1 fully saturated rings. The Morgan fingerprint density at radius 2 is 1.95 bits per heavy atom. The minimum Gasteiger partial charge on any atom is -0.392 e. The summed E-state index contributed by atoms with van der Waals surface area (Å²) in [6.07, 6.45) is -5.56. The average Bonchev–Trinajstić information content (AvgIpc) is 2.80. The van der Waals surface area contributed by atoms with Crippen molar-refractivity contribution in [3.63, 3.8) is 0 Å². The molecule has 0 aliphatic carbocycles. The third-order valence-corrected chi connectivity index (χ3v) is 5.43. The van der Waals surface area contributed by atoms with Crippen LogP contribution in [0.25, 0.3) is 0 Å². The normalized spacial score (nSPS) is 24.4. The number of halogens is 3. The van der Waals surface area contributed by atoms with Gasteiger partial charge in [0.1, 0.15) is 0 Å². The SMILES string of the molecule is CCS(=O)(=O)N1C[C@H](O)C[C@@H]1c1ccccc1C(F)(F)F. The third kappa shape index (κ3) is 3.22. The van der Waals surface area contributed by atoms with Crippen molar-refractivity contribution in [3.8, 4) is 0 Å². The average molecular weight is 323 g/mol. The van der Waals surface area contributed by atoms with Gasteiger partial charge in [0, 0.05) is 6.54 Å². The molecule has 0 radical (unpaired) electrons. The zero-order valence-electron chi connectivity index (χ0n) is 11.3. The van der Waals surface area contributed by atoms with E-state index in [1.54, 1.807) is 0 Å². The molecule has 1 N–H and O–H groups in total. The first kappa shape index (κ1) is 16.3. The molecule has 0 unspecified atom stereocenters. The van der Waals surface area contributed by atoms with Crippen LogP contribution in [0.5, 0.6) is 0 Å². The molecular formula is C13H16F3NO3S. The summed E-state index contributed by atoms with van der Waals surface area (Å²) in [5.41, 5.74) is -0.973. The lowest BCUT2D eigenvalue weighted by Gasteiger charge is -2.25. The zero-order valence-corrected chi connectivity index (χ0v) is 12.2. The van der Waals surface area contributed by atoms with Crippen LogP contribution in [0.15, 0.2) is 24.3 Å². The van der Waals surface area contributed by atoms with Gasteiger partial charge in [0.25, 0.3) is 0 Å². The van der Waals surface area contributed by atoms with Crippen LogP contribution in [0.1, 0.15) is 30.5 Å². The van der Waals surface area contributed by atoms with E-state index in [0.717, 1.165) is 10.4 Å². The minimum atomic E-state index is -4.56. The van der Waals surface area contributed by atoms with Crippen LogP contribution in [0.3, 0.4) is 0 Å². The number of rotatable bonds is 3. The van der Waals surface area contributed by atoms with Crippen molar-refractivity contribution >= 4 is 10.0 Å². The number of β-amino-alcohol motifs (C(OH)–C–C–N with tert-alkyl or cyclic N) is 1. The Kier molecular flexibility index (Phi) is 4.32. The highest BCUT2D eigenvalue weighted by Crippen LogP contribution is 2.41. The molecule has 21 heavy (non-hydrogen) atoms. The van der Waals surface area contributed by atoms with Crippen LogP contribution < -0.4 is 0 Å². The van der Waals surface area contributed by atoms with Crippen molar-refractivity contribution in [3.05, 3.63) is 35.4 Å². The van der Waals surface area contributed by atoms with Gasteiger partial charge in [-0.2, -0.15) is 17.5 Å². The molecule has 0 amide bonds. The second-order valence-electron chi connectivity index (χ2n) is 4.96. The van der Waals surface area contributed by atoms with E-state index in [1.807, 2.05) is 0 Å². The molecule has 1 saturated heterocycles. The number of alkyl halides is 3. The fraction of sp³-hybridized carbons (Fsp3) is 0.538. The smallest absolute Gasteiger partial charge is 0.392 e. The number of hydrogen-bond donors (Lipinski definition) is 1. The Morgan fingerprint density at radius 3 is 2.52 bits per heavy atom. The maximum absolute atomic E-state index is 13.1. The van der Waals surface area contributed by atoms with Crippen LogP contribution in [0.2, 0.25) is 0 Å². The van der Waals surface area contributed by atoms with Crippen molar-refractivity contribution in [2.75, 3.05) is 12.3 Å². The number of sulfonamides is 1. The van der Waals surface area contributed by atoms with Crippen molar-refractivity contribution in [2.45, 2.75) is 31.7 Å². The predicted molar refractivity (Wildman–Crippen MR) is 71.0 cm³/mol. The summed E-state index contributed by atoms with van der Waals surface area (Å²) in [5, 5.41) is 9.70. The quantitative estimate of drug-likeness (QED) is 0.927. The Labute approximate surface area is 121 Å². The molecule has 2 rings (SSSR count). The molecule has 4 nitrogen and oxygen atoms in total.